The standard InChI is InChI=1S/C19H14N6/c1-13-9-18(23-16-7-5-14(11-20)6-8-16)25-19(22-13)24-17-4-2-3-15(10-17)12-21/h2-10H,1H3,(H2,22,23,24,25). The van der Waals surface area contributed by atoms with Gasteiger partial charge in [0.15, 0.2) is 0 Å². The molecule has 2 N–H and O–H groups in total. The van der Waals surface area contributed by atoms with Crippen LogP contribution >= 0.6 is 0 Å². The first-order chi connectivity index (χ1) is 12.2. The van der Waals surface area contributed by atoms with Gasteiger partial charge in [0.1, 0.15) is 5.82 Å². The van der Waals surface area contributed by atoms with Gasteiger partial charge in [-0.25, -0.2) is 4.98 Å². The molecule has 0 aliphatic rings. The molecule has 6 nitrogen and oxygen atoms in total. The van der Waals surface area contributed by atoms with E-state index in [1.165, 1.54) is 0 Å². The van der Waals surface area contributed by atoms with E-state index in [2.05, 4.69) is 32.7 Å². The van der Waals surface area contributed by atoms with Crippen molar-refractivity contribution in [3.05, 3.63) is 71.4 Å². The number of benzene rings is 2. The van der Waals surface area contributed by atoms with E-state index in [0.717, 1.165) is 17.1 Å². The number of nitrogens with zero attached hydrogens (tertiary/aromatic N) is 4. The second-order valence-corrected chi connectivity index (χ2v) is 5.35. The molecule has 3 rings (SSSR count). The van der Waals surface area contributed by atoms with E-state index < -0.39 is 0 Å². The molecule has 3 aromatic rings. The Morgan fingerprint density at radius 3 is 2.28 bits per heavy atom. The Labute approximate surface area is 145 Å². The van der Waals surface area contributed by atoms with Crippen molar-refractivity contribution in [2.45, 2.75) is 6.92 Å². The highest BCUT2D eigenvalue weighted by Crippen LogP contribution is 2.20. The van der Waals surface area contributed by atoms with Gasteiger partial charge in [-0.2, -0.15) is 15.5 Å². The van der Waals surface area contributed by atoms with Crippen molar-refractivity contribution in [1.82, 2.24) is 9.97 Å². The van der Waals surface area contributed by atoms with Gasteiger partial charge in [-0.05, 0) is 49.4 Å². The van der Waals surface area contributed by atoms with Crippen molar-refractivity contribution in [2.24, 2.45) is 0 Å². The molecule has 0 aliphatic heterocycles. The molecule has 1 heterocycles. The van der Waals surface area contributed by atoms with Gasteiger partial charge in [0.2, 0.25) is 5.95 Å². The molecule has 2 aromatic carbocycles. The summed E-state index contributed by atoms with van der Waals surface area (Å²) in [7, 11) is 0. The third-order valence-electron chi connectivity index (χ3n) is 3.39. The average molecular weight is 326 g/mol. The van der Waals surface area contributed by atoms with Crippen LogP contribution in [0.25, 0.3) is 0 Å². The van der Waals surface area contributed by atoms with Crippen molar-refractivity contribution < 1.29 is 0 Å². The highest BCUT2D eigenvalue weighted by Gasteiger charge is 2.04. The summed E-state index contributed by atoms with van der Waals surface area (Å²) >= 11 is 0. The van der Waals surface area contributed by atoms with E-state index in [1.54, 1.807) is 30.3 Å². The van der Waals surface area contributed by atoms with Crippen LogP contribution in [0.3, 0.4) is 0 Å². The molecule has 0 aliphatic carbocycles. The van der Waals surface area contributed by atoms with Gasteiger partial charge >= 0.3 is 0 Å². The molecule has 0 unspecified atom stereocenters. The van der Waals surface area contributed by atoms with E-state index >= 15 is 0 Å². The fourth-order valence-electron chi connectivity index (χ4n) is 2.26. The smallest absolute Gasteiger partial charge is 0.229 e. The highest BCUT2D eigenvalue weighted by atomic mass is 15.1. The van der Waals surface area contributed by atoms with Crippen molar-refractivity contribution >= 4 is 23.1 Å². The van der Waals surface area contributed by atoms with Crippen LogP contribution in [0.5, 0.6) is 0 Å². The lowest BCUT2D eigenvalue weighted by Gasteiger charge is -2.10. The van der Waals surface area contributed by atoms with Gasteiger partial charge in [-0.15, -0.1) is 0 Å². The maximum atomic E-state index is 8.98. The fraction of sp³-hybridized carbons (Fsp3) is 0.0526. The predicted molar refractivity (Wildman–Crippen MR) is 95.6 cm³/mol. The number of aryl methyl sites for hydroxylation is 1. The second-order valence-electron chi connectivity index (χ2n) is 5.35. The van der Waals surface area contributed by atoms with Gasteiger partial charge in [-0.1, -0.05) is 6.07 Å². The molecule has 0 radical (unpaired) electrons. The van der Waals surface area contributed by atoms with Crippen LogP contribution in [-0.4, -0.2) is 9.97 Å². The number of anilines is 4. The van der Waals surface area contributed by atoms with Crippen molar-refractivity contribution in [2.75, 3.05) is 10.6 Å². The Balaban J connectivity index is 1.82. The topological polar surface area (TPSA) is 97.4 Å². The molecule has 6 heteroatoms. The molecule has 0 fully saturated rings. The fourth-order valence-corrected chi connectivity index (χ4v) is 2.26. The predicted octanol–water partition coefficient (Wildman–Crippen LogP) is 4.02. The molecule has 0 amide bonds. The first-order valence-electron chi connectivity index (χ1n) is 7.56. The summed E-state index contributed by atoms with van der Waals surface area (Å²) in [5.74, 6) is 1.07. The van der Waals surface area contributed by atoms with E-state index in [9.17, 15) is 0 Å². The summed E-state index contributed by atoms with van der Waals surface area (Å²) in [6.07, 6.45) is 0. The van der Waals surface area contributed by atoms with E-state index in [1.807, 2.05) is 31.2 Å². The minimum Gasteiger partial charge on any atom is -0.340 e. The van der Waals surface area contributed by atoms with Crippen molar-refractivity contribution in [3.8, 4) is 12.1 Å². The van der Waals surface area contributed by atoms with Gasteiger partial charge in [0, 0.05) is 23.1 Å². The highest BCUT2D eigenvalue weighted by molar-refractivity contribution is 5.61. The summed E-state index contributed by atoms with van der Waals surface area (Å²) in [5.41, 5.74) is 3.53. The van der Waals surface area contributed by atoms with Crippen LogP contribution in [0.2, 0.25) is 0 Å². The monoisotopic (exact) mass is 326 g/mol. The van der Waals surface area contributed by atoms with Crippen molar-refractivity contribution in [1.29, 1.82) is 10.5 Å². The van der Waals surface area contributed by atoms with Crippen LogP contribution in [-0.2, 0) is 0 Å². The van der Waals surface area contributed by atoms with Crippen LogP contribution in [0, 0.1) is 29.6 Å². The van der Waals surface area contributed by atoms with Crippen LogP contribution in [0.15, 0.2) is 54.6 Å². The van der Waals surface area contributed by atoms with Crippen LogP contribution in [0.1, 0.15) is 16.8 Å². The van der Waals surface area contributed by atoms with E-state index in [0.29, 0.717) is 22.9 Å². The van der Waals surface area contributed by atoms with Crippen molar-refractivity contribution in [3.63, 3.8) is 0 Å². The largest absolute Gasteiger partial charge is 0.340 e. The van der Waals surface area contributed by atoms with Gasteiger partial charge in [-0.3, -0.25) is 0 Å². The third kappa shape index (κ3) is 4.10. The number of aromatic nitrogens is 2. The van der Waals surface area contributed by atoms with Gasteiger partial charge < -0.3 is 10.6 Å². The number of hydrogen-bond donors (Lipinski definition) is 2. The van der Waals surface area contributed by atoms with E-state index in [4.69, 9.17) is 10.5 Å². The molecular weight excluding hydrogens is 312 g/mol. The Morgan fingerprint density at radius 2 is 1.56 bits per heavy atom. The zero-order chi connectivity index (χ0) is 17.6. The summed E-state index contributed by atoms with van der Waals surface area (Å²) < 4.78 is 0. The molecule has 120 valence electrons. The lowest BCUT2D eigenvalue weighted by atomic mass is 10.2. The first kappa shape index (κ1) is 16.0. The van der Waals surface area contributed by atoms with Gasteiger partial charge in [0.05, 0.1) is 23.3 Å². The zero-order valence-electron chi connectivity index (χ0n) is 13.5. The molecular formula is C19H14N6. The molecule has 0 saturated carbocycles. The van der Waals surface area contributed by atoms with Crippen LogP contribution < -0.4 is 10.6 Å². The number of rotatable bonds is 4. The Hall–Kier alpha value is -3.90. The maximum absolute atomic E-state index is 8.98. The van der Waals surface area contributed by atoms with Gasteiger partial charge in [0.25, 0.3) is 0 Å². The minimum absolute atomic E-state index is 0.436. The number of hydrogen-bond acceptors (Lipinski definition) is 6. The second kappa shape index (κ2) is 7.12. The molecule has 0 atom stereocenters. The number of nitriles is 2. The first-order valence-corrected chi connectivity index (χ1v) is 7.56. The zero-order valence-corrected chi connectivity index (χ0v) is 13.5. The normalized spacial score (nSPS) is 9.72. The SMILES string of the molecule is Cc1cc(Nc2ccc(C#N)cc2)nc(Nc2cccc(C#N)c2)n1. The molecule has 0 bridgehead atoms. The summed E-state index contributed by atoms with van der Waals surface area (Å²) in [6.45, 7) is 1.88. The van der Waals surface area contributed by atoms with Crippen LogP contribution in [0.4, 0.5) is 23.1 Å². The maximum Gasteiger partial charge on any atom is 0.229 e. The lowest BCUT2D eigenvalue weighted by molar-refractivity contribution is 1.11. The molecule has 25 heavy (non-hydrogen) atoms. The summed E-state index contributed by atoms with van der Waals surface area (Å²) in [4.78, 5) is 8.81. The average Bonchev–Trinajstić information content (AvgIpc) is 2.62. The Bertz CT molecular complexity index is 980. The third-order valence-corrected chi connectivity index (χ3v) is 3.39. The quantitative estimate of drug-likeness (QED) is 0.751. The Morgan fingerprint density at radius 1 is 0.800 bits per heavy atom. The summed E-state index contributed by atoms with van der Waals surface area (Å²) in [6, 6.07) is 20.3. The number of nitrogens with one attached hydrogen (secondary N) is 2. The lowest BCUT2D eigenvalue weighted by Crippen LogP contribution is -2.02. The molecule has 0 spiro atoms. The van der Waals surface area contributed by atoms with E-state index in [-0.39, 0.29) is 0 Å². The minimum atomic E-state index is 0.436. The Kier molecular flexibility index (Phi) is 4.55. The summed E-state index contributed by atoms with van der Waals surface area (Å²) in [5, 5.41) is 24.1. The molecule has 1 aromatic heterocycles. The molecule has 0 saturated heterocycles.